The number of aromatic nitrogens is 1. The number of benzene rings is 3. The molecule has 0 amide bonds. The topological polar surface area (TPSA) is 65.5 Å². The van der Waals surface area contributed by atoms with E-state index in [0.717, 1.165) is 21.9 Å². The molecule has 0 bridgehead atoms. The number of methoxy groups -OCH3 is 1. The van der Waals surface area contributed by atoms with Crippen molar-refractivity contribution >= 4 is 22.5 Å². The third kappa shape index (κ3) is 4.05. The first-order chi connectivity index (χ1) is 14.7. The highest BCUT2D eigenvalue weighted by molar-refractivity contribution is 6.41. The van der Waals surface area contributed by atoms with Gasteiger partial charge in [-0.25, -0.2) is 9.78 Å². The Bertz CT molecular complexity index is 1220. The maximum Gasteiger partial charge on any atom is 0.380 e. The van der Waals surface area contributed by atoms with Crippen molar-refractivity contribution < 1.29 is 19.1 Å². The average molecular weight is 397 g/mol. The molecule has 0 radical (unpaired) electrons. The summed E-state index contributed by atoms with van der Waals surface area (Å²) in [7, 11) is 1.42. The molecule has 5 nitrogen and oxygen atoms in total. The number of ketones is 1. The van der Waals surface area contributed by atoms with Gasteiger partial charge in [0.1, 0.15) is 6.61 Å². The highest BCUT2D eigenvalue weighted by Crippen LogP contribution is 2.27. The molecule has 0 saturated carbocycles. The Balaban J connectivity index is 1.56. The summed E-state index contributed by atoms with van der Waals surface area (Å²) in [5, 5.41) is 2.21. The van der Waals surface area contributed by atoms with E-state index in [0.29, 0.717) is 5.69 Å². The molecule has 0 aliphatic carbocycles. The van der Waals surface area contributed by atoms with Crippen LogP contribution in [-0.4, -0.2) is 23.8 Å². The van der Waals surface area contributed by atoms with Crippen molar-refractivity contribution in [1.29, 1.82) is 0 Å². The van der Waals surface area contributed by atoms with Crippen molar-refractivity contribution in [2.75, 3.05) is 7.11 Å². The normalized spacial score (nSPS) is 10.6. The summed E-state index contributed by atoms with van der Waals surface area (Å²) in [6.45, 7) is 0.0241. The van der Waals surface area contributed by atoms with Crippen molar-refractivity contribution in [3.05, 3.63) is 96.1 Å². The van der Waals surface area contributed by atoms with Crippen LogP contribution in [0.15, 0.2) is 84.9 Å². The lowest BCUT2D eigenvalue weighted by atomic mass is 10.0. The van der Waals surface area contributed by atoms with Crippen LogP contribution in [0.1, 0.15) is 15.9 Å². The van der Waals surface area contributed by atoms with Gasteiger partial charge in [-0.15, -0.1) is 0 Å². The van der Waals surface area contributed by atoms with Gasteiger partial charge < -0.3 is 9.47 Å². The first-order valence-corrected chi connectivity index (χ1v) is 9.45. The lowest BCUT2D eigenvalue weighted by Gasteiger charge is -2.10. The Morgan fingerprint density at radius 3 is 2.33 bits per heavy atom. The molecule has 0 saturated heterocycles. The fraction of sp³-hybridized carbons (Fsp3) is 0.0800. The fourth-order valence-electron chi connectivity index (χ4n) is 3.18. The molecule has 0 atom stereocenters. The molecule has 0 aliphatic heterocycles. The molecule has 4 aromatic rings. The molecule has 30 heavy (non-hydrogen) atoms. The zero-order valence-corrected chi connectivity index (χ0v) is 16.4. The number of fused-ring (bicyclic) bond motifs is 1. The van der Waals surface area contributed by atoms with Crippen LogP contribution in [0.4, 0.5) is 0 Å². The second kappa shape index (κ2) is 8.57. The van der Waals surface area contributed by atoms with Crippen LogP contribution in [0, 0.1) is 0 Å². The summed E-state index contributed by atoms with van der Waals surface area (Å²) < 4.78 is 10.4. The zero-order chi connectivity index (χ0) is 20.9. The Labute approximate surface area is 173 Å². The summed E-state index contributed by atoms with van der Waals surface area (Å²) in [4.78, 5) is 29.2. The SMILES string of the molecule is COc1nc(-c2ccc3ccccc3c2)ccc1C(=O)C(=O)OCc1ccccc1. The minimum Gasteiger partial charge on any atom is -0.480 e. The van der Waals surface area contributed by atoms with Gasteiger partial charge in [0.05, 0.1) is 18.4 Å². The molecule has 1 heterocycles. The van der Waals surface area contributed by atoms with Crippen molar-refractivity contribution in [2.45, 2.75) is 6.61 Å². The number of hydrogen-bond acceptors (Lipinski definition) is 5. The lowest BCUT2D eigenvalue weighted by molar-refractivity contribution is -0.139. The van der Waals surface area contributed by atoms with Gasteiger partial charge in [-0.05, 0) is 34.5 Å². The van der Waals surface area contributed by atoms with Gasteiger partial charge in [-0.3, -0.25) is 4.79 Å². The number of esters is 1. The number of carbonyl (C=O) groups is 2. The van der Waals surface area contributed by atoms with Gasteiger partial charge in [-0.2, -0.15) is 0 Å². The number of rotatable bonds is 6. The van der Waals surface area contributed by atoms with Gasteiger partial charge in [-0.1, -0.05) is 66.7 Å². The molecule has 0 N–H and O–H groups in total. The molecule has 0 spiro atoms. The number of nitrogens with zero attached hydrogens (tertiary/aromatic N) is 1. The maximum absolute atomic E-state index is 12.6. The number of Topliss-reactive ketones (excluding diaryl/α,β-unsaturated/α-hetero) is 1. The maximum atomic E-state index is 12.6. The number of ether oxygens (including phenoxy) is 2. The standard InChI is InChI=1S/C25H19NO4/c1-29-24-21(23(27)25(28)30-16-17-7-3-2-4-8-17)13-14-22(26-24)20-12-11-18-9-5-6-10-19(18)15-20/h2-15H,16H2,1H3. The quantitative estimate of drug-likeness (QED) is 0.265. The first-order valence-electron chi connectivity index (χ1n) is 9.45. The number of carbonyl (C=O) groups excluding carboxylic acids is 2. The number of pyridine rings is 1. The number of hydrogen-bond donors (Lipinski definition) is 0. The zero-order valence-electron chi connectivity index (χ0n) is 16.4. The fourth-order valence-corrected chi connectivity index (χ4v) is 3.18. The molecule has 148 valence electrons. The molecule has 3 aromatic carbocycles. The molecule has 1 aromatic heterocycles. The van der Waals surface area contributed by atoms with Crippen molar-refractivity contribution in [1.82, 2.24) is 4.98 Å². The third-order valence-electron chi connectivity index (χ3n) is 4.74. The van der Waals surface area contributed by atoms with Crippen LogP contribution in [0.2, 0.25) is 0 Å². The molecule has 0 aliphatic rings. The van der Waals surface area contributed by atoms with Crippen LogP contribution in [0.5, 0.6) is 5.88 Å². The summed E-state index contributed by atoms with van der Waals surface area (Å²) in [6, 6.07) is 26.4. The van der Waals surface area contributed by atoms with Gasteiger partial charge >= 0.3 is 5.97 Å². The van der Waals surface area contributed by atoms with E-state index in [1.54, 1.807) is 12.1 Å². The molecule has 0 unspecified atom stereocenters. The second-order valence-corrected chi connectivity index (χ2v) is 6.71. The lowest BCUT2D eigenvalue weighted by Crippen LogP contribution is -2.18. The smallest absolute Gasteiger partial charge is 0.380 e. The predicted molar refractivity (Wildman–Crippen MR) is 114 cm³/mol. The summed E-state index contributed by atoms with van der Waals surface area (Å²) in [5.74, 6) is -1.65. The van der Waals surface area contributed by atoms with Crippen LogP contribution in [-0.2, 0) is 16.1 Å². The van der Waals surface area contributed by atoms with Gasteiger partial charge in [0.15, 0.2) is 0 Å². The molecular weight excluding hydrogens is 378 g/mol. The Morgan fingerprint density at radius 1 is 0.833 bits per heavy atom. The molecule has 5 heteroatoms. The predicted octanol–water partition coefficient (Wildman–Crippen LogP) is 4.84. The van der Waals surface area contributed by atoms with Crippen LogP contribution >= 0.6 is 0 Å². The van der Waals surface area contributed by atoms with Crippen molar-refractivity contribution in [3.63, 3.8) is 0 Å². The van der Waals surface area contributed by atoms with Gasteiger partial charge in [0.25, 0.3) is 5.78 Å². The average Bonchev–Trinajstić information content (AvgIpc) is 2.82. The van der Waals surface area contributed by atoms with E-state index in [2.05, 4.69) is 4.98 Å². The van der Waals surface area contributed by atoms with Crippen molar-refractivity contribution in [3.8, 4) is 17.1 Å². The van der Waals surface area contributed by atoms with Gasteiger partial charge in [0, 0.05) is 5.56 Å². The highest BCUT2D eigenvalue weighted by atomic mass is 16.5. The summed E-state index contributed by atoms with van der Waals surface area (Å²) in [6.07, 6.45) is 0. The highest BCUT2D eigenvalue weighted by Gasteiger charge is 2.23. The molecule has 4 rings (SSSR count). The first kappa shape index (κ1) is 19.3. The summed E-state index contributed by atoms with van der Waals surface area (Å²) in [5.41, 5.74) is 2.40. The van der Waals surface area contributed by atoms with E-state index in [1.165, 1.54) is 7.11 Å². The van der Waals surface area contributed by atoms with E-state index in [1.807, 2.05) is 72.8 Å². The minimum absolute atomic E-state index is 0.0241. The Morgan fingerprint density at radius 2 is 1.57 bits per heavy atom. The third-order valence-corrected chi connectivity index (χ3v) is 4.74. The van der Waals surface area contributed by atoms with Crippen LogP contribution < -0.4 is 4.74 Å². The summed E-state index contributed by atoms with van der Waals surface area (Å²) >= 11 is 0. The largest absolute Gasteiger partial charge is 0.480 e. The second-order valence-electron chi connectivity index (χ2n) is 6.71. The van der Waals surface area contributed by atoms with Crippen LogP contribution in [0.3, 0.4) is 0 Å². The van der Waals surface area contributed by atoms with E-state index in [4.69, 9.17) is 9.47 Å². The molecule has 0 fully saturated rings. The van der Waals surface area contributed by atoms with Crippen molar-refractivity contribution in [2.24, 2.45) is 0 Å². The molecular formula is C25H19NO4. The Kier molecular flexibility index (Phi) is 5.52. The monoisotopic (exact) mass is 397 g/mol. The van der Waals surface area contributed by atoms with E-state index in [9.17, 15) is 9.59 Å². The minimum atomic E-state index is -0.947. The van der Waals surface area contributed by atoms with Crippen LogP contribution in [0.25, 0.3) is 22.0 Å². The van der Waals surface area contributed by atoms with E-state index in [-0.39, 0.29) is 18.1 Å². The van der Waals surface area contributed by atoms with E-state index >= 15 is 0 Å². The van der Waals surface area contributed by atoms with E-state index < -0.39 is 11.8 Å². The van der Waals surface area contributed by atoms with Gasteiger partial charge in [0.2, 0.25) is 5.88 Å². The Hall–Kier alpha value is -3.99.